The van der Waals surface area contributed by atoms with E-state index in [-0.39, 0.29) is 12.3 Å². The monoisotopic (exact) mass is 381 g/mol. The summed E-state index contributed by atoms with van der Waals surface area (Å²) in [5, 5.41) is 6.71. The number of carbonyl (C=O) groups is 1. The van der Waals surface area contributed by atoms with E-state index in [0.717, 1.165) is 17.0 Å². The van der Waals surface area contributed by atoms with Crippen LogP contribution < -0.4 is 15.4 Å². The predicted molar refractivity (Wildman–Crippen MR) is 109 cm³/mol. The fraction of sp³-hybridized carbons (Fsp3) is 0.143. The minimum atomic E-state index is -0.110. The molecule has 0 radical (unpaired) electrons. The van der Waals surface area contributed by atoms with Crippen molar-refractivity contribution in [3.05, 3.63) is 77.4 Å². The van der Waals surface area contributed by atoms with E-state index in [4.69, 9.17) is 16.3 Å². The van der Waals surface area contributed by atoms with Gasteiger partial charge in [-0.2, -0.15) is 0 Å². The molecule has 0 unspecified atom stereocenters. The minimum absolute atomic E-state index is 0.110. The van der Waals surface area contributed by atoms with Gasteiger partial charge in [-0.05, 0) is 48.9 Å². The second-order valence-corrected chi connectivity index (χ2v) is 6.27. The first-order valence-electron chi connectivity index (χ1n) is 8.63. The van der Waals surface area contributed by atoms with Crippen LogP contribution >= 0.6 is 11.6 Å². The van der Waals surface area contributed by atoms with Crippen LogP contribution in [0.2, 0.25) is 5.02 Å². The molecule has 6 heteroatoms. The molecule has 0 aliphatic heterocycles. The molecule has 3 rings (SSSR count). The molecule has 0 spiro atoms. The summed E-state index contributed by atoms with van der Waals surface area (Å²) in [4.78, 5) is 16.5. The first-order chi connectivity index (χ1) is 13.1. The molecule has 2 N–H and O–H groups in total. The maximum atomic E-state index is 12.2. The van der Waals surface area contributed by atoms with Gasteiger partial charge >= 0.3 is 0 Å². The smallest absolute Gasteiger partial charge is 0.228 e. The normalized spacial score (nSPS) is 10.3. The van der Waals surface area contributed by atoms with Crippen molar-refractivity contribution in [3.8, 4) is 5.75 Å². The van der Waals surface area contributed by atoms with Gasteiger partial charge in [-0.25, -0.2) is 4.98 Å². The first kappa shape index (κ1) is 18.7. The lowest BCUT2D eigenvalue weighted by molar-refractivity contribution is -0.115. The van der Waals surface area contributed by atoms with Crippen LogP contribution in [0.15, 0.2) is 66.9 Å². The maximum absolute atomic E-state index is 12.2. The second kappa shape index (κ2) is 9.05. The van der Waals surface area contributed by atoms with Crippen LogP contribution in [-0.2, 0) is 11.2 Å². The first-order valence-corrected chi connectivity index (χ1v) is 9.01. The fourth-order valence-electron chi connectivity index (χ4n) is 2.52. The summed E-state index contributed by atoms with van der Waals surface area (Å²) in [5.74, 6) is 1.32. The Kier molecular flexibility index (Phi) is 6.28. The molecule has 0 saturated heterocycles. The number of aromatic nitrogens is 1. The number of pyridine rings is 1. The number of amides is 1. The van der Waals surface area contributed by atoms with E-state index in [2.05, 4.69) is 15.6 Å². The van der Waals surface area contributed by atoms with Crippen LogP contribution in [0.25, 0.3) is 0 Å². The SMILES string of the molecule is CCOc1ccccc1Nc1ccc(NC(=O)Cc2ccc(Cl)cc2)cn1. The van der Waals surface area contributed by atoms with E-state index in [1.54, 1.807) is 30.5 Å². The molecular formula is C21H20ClN3O2. The highest BCUT2D eigenvalue weighted by molar-refractivity contribution is 6.30. The predicted octanol–water partition coefficient (Wildman–Crippen LogP) is 5.06. The average Bonchev–Trinajstić information content (AvgIpc) is 2.67. The lowest BCUT2D eigenvalue weighted by atomic mass is 10.1. The molecule has 1 aromatic heterocycles. The number of benzene rings is 2. The molecule has 0 aliphatic carbocycles. The zero-order valence-corrected chi connectivity index (χ0v) is 15.7. The van der Waals surface area contributed by atoms with Gasteiger partial charge in [-0.15, -0.1) is 0 Å². The van der Waals surface area contributed by atoms with Crippen LogP contribution in [0.3, 0.4) is 0 Å². The molecule has 0 bridgehead atoms. The van der Waals surface area contributed by atoms with Crippen molar-refractivity contribution in [2.75, 3.05) is 17.2 Å². The maximum Gasteiger partial charge on any atom is 0.228 e. The number of nitrogens with zero attached hydrogens (tertiary/aromatic N) is 1. The Bertz CT molecular complexity index is 896. The minimum Gasteiger partial charge on any atom is -0.492 e. The number of rotatable bonds is 7. The van der Waals surface area contributed by atoms with Crippen LogP contribution in [0, 0.1) is 0 Å². The molecule has 3 aromatic rings. The zero-order chi connectivity index (χ0) is 19.1. The third kappa shape index (κ3) is 5.46. The van der Waals surface area contributed by atoms with E-state index in [1.807, 2.05) is 43.3 Å². The van der Waals surface area contributed by atoms with Crippen molar-refractivity contribution in [2.45, 2.75) is 13.3 Å². The van der Waals surface area contributed by atoms with E-state index < -0.39 is 0 Å². The van der Waals surface area contributed by atoms with E-state index in [0.29, 0.717) is 23.1 Å². The van der Waals surface area contributed by atoms with Gasteiger partial charge in [-0.3, -0.25) is 4.79 Å². The lowest BCUT2D eigenvalue weighted by Gasteiger charge is -2.12. The van der Waals surface area contributed by atoms with Crippen molar-refractivity contribution in [1.82, 2.24) is 4.98 Å². The van der Waals surface area contributed by atoms with Gasteiger partial charge in [0.15, 0.2) is 0 Å². The fourth-order valence-corrected chi connectivity index (χ4v) is 2.65. The summed E-state index contributed by atoms with van der Waals surface area (Å²) in [6.07, 6.45) is 1.89. The summed E-state index contributed by atoms with van der Waals surface area (Å²) in [7, 11) is 0. The zero-order valence-electron chi connectivity index (χ0n) is 14.9. The van der Waals surface area contributed by atoms with Crippen LogP contribution in [-0.4, -0.2) is 17.5 Å². The number of ether oxygens (including phenoxy) is 1. The van der Waals surface area contributed by atoms with Gasteiger partial charge in [0.2, 0.25) is 5.91 Å². The standard InChI is InChI=1S/C21H20ClN3O2/c1-2-27-19-6-4-3-5-18(19)25-20-12-11-17(14-23-20)24-21(26)13-15-7-9-16(22)10-8-15/h3-12,14H,2,13H2,1H3,(H,23,25)(H,24,26). The molecular weight excluding hydrogens is 362 g/mol. The highest BCUT2D eigenvalue weighted by atomic mass is 35.5. The molecule has 0 aliphatic rings. The van der Waals surface area contributed by atoms with E-state index in [1.165, 1.54) is 0 Å². The molecule has 1 heterocycles. The molecule has 138 valence electrons. The van der Waals surface area contributed by atoms with Gasteiger partial charge < -0.3 is 15.4 Å². The molecule has 0 atom stereocenters. The van der Waals surface area contributed by atoms with Crippen molar-refractivity contribution in [2.24, 2.45) is 0 Å². The summed E-state index contributed by atoms with van der Waals surface area (Å²) >= 11 is 5.86. The number of para-hydroxylation sites is 2. The van der Waals surface area contributed by atoms with Gasteiger partial charge in [0.05, 0.1) is 30.6 Å². The van der Waals surface area contributed by atoms with Crippen LogP contribution in [0.1, 0.15) is 12.5 Å². The number of halogens is 1. The largest absolute Gasteiger partial charge is 0.492 e. The van der Waals surface area contributed by atoms with E-state index >= 15 is 0 Å². The van der Waals surface area contributed by atoms with Crippen LogP contribution in [0.5, 0.6) is 5.75 Å². The Morgan fingerprint density at radius 1 is 1.07 bits per heavy atom. The van der Waals surface area contributed by atoms with Gasteiger partial charge in [0, 0.05) is 5.02 Å². The van der Waals surface area contributed by atoms with Crippen molar-refractivity contribution in [1.29, 1.82) is 0 Å². The summed E-state index contributed by atoms with van der Waals surface area (Å²) in [5.41, 5.74) is 2.37. The lowest BCUT2D eigenvalue weighted by Crippen LogP contribution is -2.14. The number of carbonyl (C=O) groups excluding carboxylic acids is 1. The topological polar surface area (TPSA) is 63.2 Å². The van der Waals surface area contributed by atoms with Gasteiger partial charge in [0.25, 0.3) is 0 Å². The van der Waals surface area contributed by atoms with Gasteiger partial charge in [-0.1, -0.05) is 35.9 Å². The van der Waals surface area contributed by atoms with Crippen molar-refractivity contribution < 1.29 is 9.53 Å². The Morgan fingerprint density at radius 3 is 2.56 bits per heavy atom. The van der Waals surface area contributed by atoms with Crippen molar-refractivity contribution >= 4 is 34.7 Å². The third-order valence-corrected chi connectivity index (χ3v) is 4.03. The Balaban J connectivity index is 1.60. The van der Waals surface area contributed by atoms with Crippen LogP contribution in [0.4, 0.5) is 17.2 Å². The number of nitrogens with one attached hydrogen (secondary N) is 2. The Morgan fingerprint density at radius 2 is 1.85 bits per heavy atom. The Labute approximate surface area is 163 Å². The molecule has 0 fully saturated rings. The summed E-state index contributed by atoms with van der Waals surface area (Å²) in [6.45, 7) is 2.53. The highest BCUT2D eigenvalue weighted by Gasteiger charge is 2.06. The molecule has 5 nitrogen and oxygen atoms in total. The summed E-state index contributed by atoms with van der Waals surface area (Å²) in [6, 6.07) is 18.5. The van der Waals surface area contributed by atoms with E-state index in [9.17, 15) is 4.79 Å². The third-order valence-electron chi connectivity index (χ3n) is 3.77. The number of hydrogen-bond acceptors (Lipinski definition) is 4. The molecule has 0 saturated carbocycles. The average molecular weight is 382 g/mol. The quantitative estimate of drug-likeness (QED) is 0.600. The summed E-state index contributed by atoms with van der Waals surface area (Å²) < 4.78 is 5.59. The number of hydrogen-bond donors (Lipinski definition) is 2. The van der Waals surface area contributed by atoms with Gasteiger partial charge in [0.1, 0.15) is 11.6 Å². The molecule has 2 aromatic carbocycles. The number of anilines is 3. The Hall–Kier alpha value is -3.05. The van der Waals surface area contributed by atoms with Crippen molar-refractivity contribution in [3.63, 3.8) is 0 Å². The molecule has 27 heavy (non-hydrogen) atoms. The highest BCUT2D eigenvalue weighted by Crippen LogP contribution is 2.26. The second-order valence-electron chi connectivity index (χ2n) is 5.84. The molecule has 1 amide bonds.